The van der Waals surface area contributed by atoms with Crippen molar-refractivity contribution in [1.29, 1.82) is 0 Å². The van der Waals surface area contributed by atoms with Crippen molar-refractivity contribution in [3.63, 3.8) is 0 Å². The maximum atomic E-state index is 10.5. The summed E-state index contributed by atoms with van der Waals surface area (Å²) in [5, 5.41) is 10.5. The summed E-state index contributed by atoms with van der Waals surface area (Å²) in [5.74, 6) is 0.627. The zero-order valence-electron chi connectivity index (χ0n) is 10.0. The highest BCUT2D eigenvalue weighted by Gasteiger charge is 2.06. The van der Waals surface area contributed by atoms with Gasteiger partial charge in [-0.2, -0.15) is 0 Å². The Labute approximate surface area is 114 Å². The summed E-state index contributed by atoms with van der Waals surface area (Å²) in [6.45, 7) is 0. The predicted molar refractivity (Wildman–Crippen MR) is 75.9 cm³/mol. The summed E-state index contributed by atoms with van der Waals surface area (Å²) in [6.07, 6.45) is 1.62. The lowest BCUT2D eigenvalue weighted by molar-refractivity contribution is -0.460. The van der Waals surface area contributed by atoms with Gasteiger partial charge in [0.25, 0.3) is 16.5 Å². The second kappa shape index (κ2) is 7.13. The van der Waals surface area contributed by atoms with Crippen LogP contribution in [0.4, 0.5) is 5.69 Å². The lowest BCUT2D eigenvalue weighted by Crippen LogP contribution is -1.97. The molecule has 1 aromatic carbocycles. The third-order valence-electron chi connectivity index (χ3n) is 1.90. The van der Waals surface area contributed by atoms with Crippen LogP contribution >= 0.6 is 23.4 Å². The minimum absolute atomic E-state index is 0.0875. The smallest absolute Gasteiger partial charge is 0.270 e. The molecule has 0 radical (unpaired) electrons. The number of rotatable bonds is 4. The van der Waals surface area contributed by atoms with Crippen molar-refractivity contribution in [2.75, 3.05) is 14.1 Å². The number of non-ortho nitro benzene ring substituents is 1. The van der Waals surface area contributed by atoms with E-state index >= 15 is 0 Å². The lowest BCUT2D eigenvalue weighted by Gasteiger charge is -1.97. The van der Waals surface area contributed by atoms with Gasteiger partial charge in [-0.1, -0.05) is 23.9 Å². The molecule has 0 amide bonds. The summed E-state index contributed by atoms with van der Waals surface area (Å²) in [6, 6.07) is 6.38. The van der Waals surface area contributed by atoms with E-state index in [1.807, 2.05) is 14.1 Å². The number of benzene rings is 1. The summed E-state index contributed by atoms with van der Waals surface area (Å²) < 4.78 is 2.22. The fourth-order valence-electron chi connectivity index (χ4n) is 1.05. The topological polar surface area (TPSA) is 58.5 Å². The van der Waals surface area contributed by atoms with Crippen molar-refractivity contribution >= 4 is 39.9 Å². The zero-order chi connectivity index (χ0) is 13.5. The number of nitro benzene ring substituents is 1. The van der Waals surface area contributed by atoms with Gasteiger partial charge >= 0.3 is 0 Å². The molecule has 0 aliphatic heterocycles. The van der Waals surface area contributed by atoms with Crippen LogP contribution in [-0.4, -0.2) is 34.4 Å². The number of hydrogen-bond donors (Lipinski definition) is 0. The number of nitro groups is 1. The summed E-state index contributed by atoms with van der Waals surface area (Å²) >= 11 is 7.28. The molecule has 0 unspecified atom stereocenters. The molecule has 0 bridgehead atoms. The first kappa shape index (κ1) is 14.7. The van der Waals surface area contributed by atoms with E-state index in [1.165, 1.54) is 23.9 Å². The van der Waals surface area contributed by atoms with Crippen molar-refractivity contribution < 1.29 is 9.50 Å². The normalized spacial score (nSPS) is 11.2. The van der Waals surface area contributed by atoms with E-state index in [-0.39, 0.29) is 5.69 Å². The Bertz CT molecular complexity index is 482. The van der Waals surface area contributed by atoms with Gasteiger partial charge in [-0.15, -0.1) is 0 Å². The first-order valence-electron chi connectivity index (χ1n) is 5.08. The fourth-order valence-corrected chi connectivity index (χ4v) is 1.86. The molecule has 96 valence electrons. The van der Waals surface area contributed by atoms with Crippen LogP contribution in [0.2, 0.25) is 0 Å². The van der Waals surface area contributed by atoms with Gasteiger partial charge in [0.05, 0.1) is 19.0 Å². The van der Waals surface area contributed by atoms with Crippen molar-refractivity contribution in [2.24, 2.45) is 4.99 Å². The summed E-state index contributed by atoms with van der Waals surface area (Å²) in [5.41, 5.74) is 1.05. The van der Waals surface area contributed by atoms with Crippen molar-refractivity contribution in [2.45, 2.75) is 5.75 Å². The SMILES string of the molecule is C[N+](C)=CN=C(Cl)SCc1ccc([N+](=O)[O-])cc1. The minimum Gasteiger partial charge on any atom is -0.270 e. The molecule has 0 N–H and O–H groups in total. The highest BCUT2D eigenvalue weighted by Crippen LogP contribution is 2.18. The lowest BCUT2D eigenvalue weighted by atomic mass is 10.2. The Morgan fingerprint density at radius 1 is 1.44 bits per heavy atom. The Balaban J connectivity index is 2.56. The molecule has 0 fully saturated rings. The van der Waals surface area contributed by atoms with E-state index in [9.17, 15) is 10.1 Å². The van der Waals surface area contributed by atoms with E-state index in [0.29, 0.717) is 10.3 Å². The molecule has 0 heterocycles. The van der Waals surface area contributed by atoms with Gasteiger partial charge in [0.2, 0.25) is 0 Å². The predicted octanol–water partition coefficient (Wildman–Crippen LogP) is 2.72. The Kier molecular flexibility index (Phi) is 5.80. The first-order chi connectivity index (χ1) is 8.49. The van der Waals surface area contributed by atoms with Crippen LogP contribution in [0.5, 0.6) is 0 Å². The number of nitrogens with zero attached hydrogens (tertiary/aromatic N) is 3. The molecule has 7 heteroatoms. The van der Waals surface area contributed by atoms with Gasteiger partial charge < -0.3 is 0 Å². The quantitative estimate of drug-likeness (QED) is 0.281. The van der Waals surface area contributed by atoms with Crippen LogP contribution in [0, 0.1) is 10.1 Å². The molecule has 0 atom stereocenters. The molecule has 1 rings (SSSR count). The monoisotopic (exact) mass is 286 g/mol. The molecule has 0 saturated heterocycles. The molecule has 5 nitrogen and oxygen atoms in total. The minimum atomic E-state index is -0.419. The highest BCUT2D eigenvalue weighted by molar-refractivity contribution is 8.16. The standard InChI is InChI=1S/C11H13ClN3O2S/c1-14(2)8-13-11(12)18-7-9-3-5-10(6-4-9)15(16)17/h3-6,8H,7H2,1-2H3/q+1. The van der Waals surface area contributed by atoms with E-state index in [1.54, 1.807) is 23.0 Å². The molecule has 18 heavy (non-hydrogen) atoms. The van der Waals surface area contributed by atoms with Gasteiger partial charge in [-0.3, -0.25) is 14.7 Å². The van der Waals surface area contributed by atoms with Crippen LogP contribution in [0.15, 0.2) is 29.3 Å². The second-order valence-corrected chi connectivity index (χ2v) is 5.22. The zero-order valence-corrected chi connectivity index (χ0v) is 11.6. The van der Waals surface area contributed by atoms with Gasteiger partial charge in [0.1, 0.15) is 0 Å². The van der Waals surface area contributed by atoms with Gasteiger partial charge in [-0.25, -0.2) is 0 Å². The molecule has 0 saturated carbocycles. The average Bonchev–Trinajstić information content (AvgIpc) is 2.34. The maximum absolute atomic E-state index is 10.5. The van der Waals surface area contributed by atoms with E-state index in [2.05, 4.69) is 4.99 Å². The van der Waals surface area contributed by atoms with Crippen molar-refractivity contribution in [1.82, 2.24) is 0 Å². The largest absolute Gasteiger partial charge is 0.283 e. The third-order valence-corrected chi connectivity index (χ3v) is 3.14. The van der Waals surface area contributed by atoms with Crippen LogP contribution in [0.25, 0.3) is 0 Å². The number of aliphatic imine (C=N–C) groups is 1. The molecule has 0 spiro atoms. The average molecular weight is 287 g/mol. The first-order valence-corrected chi connectivity index (χ1v) is 6.44. The maximum Gasteiger partial charge on any atom is 0.283 e. The van der Waals surface area contributed by atoms with E-state index < -0.39 is 4.92 Å². The molecular formula is C11H13ClN3O2S+. The van der Waals surface area contributed by atoms with Crippen LogP contribution in [-0.2, 0) is 5.75 Å². The number of thioether (sulfide) groups is 1. The number of hydrogen-bond acceptors (Lipinski definition) is 3. The highest BCUT2D eigenvalue weighted by atomic mass is 35.5. The van der Waals surface area contributed by atoms with E-state index in [4.69, 9.17) is 11.6 Å². The Hall–Kier alpha value is -1.40. The van der Waals surface area contributed by atoms with Crippen LogP contribution in [0.1, 0.15) is 5.56 Å². The molecule has 0 aromatic heterocycles. The van der Waals surface area contributed by atoms with Crippen molar-refractivity contribution in [3.8, 4) is 0 Å². The molecular weight excluding hydrogens is 274 g/mol. The molecule has 0 aliphatic carbocycles. The van der Waals surface area contributed by atoms with E-state index in [0.717, 1.165) is 5.56 Å². The Morgan fingerprint density at radius 2 is 2.06 bits per heavy atom. The third kappa shape index (κ3) is 5.29. The van der Waals surface area contributed by atoms with Crippen LogP contribution < -0.4 is 0 Å². The molecule has 0 aliphatic rings. The summed E-state index contributed by atoms with van der Waals surface area (Å²) in [7, 11) is 3.71. The number of halogens is 1. The van der Waals surface area contributed by atoms with Gasteiger partial charge in [0, 0.05) is 17.9 Å². The van der Waals surface area contributed by atoms with Crippen molar-refractivity contribution in [3.05, 3.63) is 39.9 Å². The van der Waals surface area contributed by atoms with Gasteiger partial charge in [0.15, 0.2) is 0 Å². The molecule has 1 aromatic rings. The van der Waals surface area contributed by atoms with Gasteiger partial charge in [-0.05, 0) is 22.2 Å². The summed E-state index contributed by atoms with van der Waals surface area (Å²) in [4.78, 5) is 14.1. The second-order valence-electron chi connectivity index (χ2n) is 3.67. The fraction of sp³-hybridized carbons (Fsp3) is 0.273. The van der Waals surface area contributed by atoms with Crippen LogP contribution in [0.3, 0.4) is 0 Å². The Morgan fingerprint density at radius 3 is 2.56 bits per heavy atom.